The van der Waals surface area contributed by atoms with Crippen LogP contribution in [0.5, 0.6) is 11.5 Å². The lowest BCUT2D eigenvalue weighted by molar-refractivity contribution is -0.129. The van der Waals surface area contributed by atoms with Crippen LogP contribution in [-0.4, -0.2) is 23.6 Å². The van der Waals surface area contributed by atoms with E-state index in [1.165, 1.54) is 0 Å². The molecule has 0 radical (unpaired) electrons. The first-order valence-electron chi connectivity index (χ1n) is 9.11. The number of ether oxygens (including phenoxy) is 3. The third kappa shape index (κ3) is 2.85. The Morgan fingerprint density at radius 2 is 1.90 bits per heavy atom. The van der Waals surface area contributed by atoms with E-state index in [1.807, 2.05) is 30.3 Å². The van der Waals surface area contributed by atoms with Gasteiger partial charge in [-0.05, 0) is 42.5 Å². The number of carbonyl (C=O) groups is 1. The predicted molar refractivity (Wildman–Crippen MR) is 110 cm³/mol. The molecule has 6 rings (SSSR count). The van der Waals surface area contributed by atoms with E-state index in [1.54, 1.807) is 41.7 Å². The van der Waals surface area contributed by atoms with Gasteiger partial charge in [0.05, 0.1) is 10.2 Å². The zero-order valence-corrected chi connectivity index (χ0v) is 16.1. The van der Waals surface area contributed by atoms with Crippen LogP contribution >= 0.6 is 11.3 Å². The predicted octanol–water partition coefficient (Wildman–Crippen LogP) is 4.63. The van der Waals surface area contributed by atoms with E-state index in [4.69, 9.17) is 18.6 Å². The lowest BCUT2D eigenvalue weighted by Gasteiger charge is -2.01. The molecule has 30 heavy (non-hydrogen) atoms. The van der Waals surface area contributed by atoms with Gasteiger partial charge in [-0.25, -0.2) is 14.8 Å². The smallest absolute Gasteiger partial charge is 0.363 e. The fraction of sp³-hybridized carbons (Fsp3) is 0.0455. The SMILES string of the molecule is O=C1OC(c2ccc3c(c2)OCO3)=N/C1=C/c1ccc(-c2nc3ccccc3s2)o1. The number of aromatic nitrogens is 1. The normalized spacial score (nSPS) is 16.3. The number of esters is 1. The number of hydrogen-bond donors (Lipinski definition) is 0. The topological polar surface area (TPSA) is 83.2 Å². The van der Waals surface area contributed by atoms with E-state index in [2.05, 4.69) is 9.98 Å². The molecule has 2 aliphatic rings. The van der Waals surface area contributed by atoms with Gasteiger partial charge >= 0.3 is 5.97 Å². The molecular weight excluding hydrogens is 404 g/mol. The second-order valence-electron chi connectivity index (χ2n) is 6.59. The van der Waals surface area contributed by atoms with Crippen LogP contribution in [0.4, 0.5) is 0 Å². The van der Waals surface area contributed by atoms with E-state index in [-0.39, 0.29) is 18.4 Å². The number of rotatable bonds is 3. The van der Waals surface area contributed by atoms with Crippen LogP contribution in [0.2, 0.25) is 0 Å². The van der Waals surface area contributed by atoms with E-state index < -0.39 is 5.97 Å². The maximum Gasteiger partial charge on any atom is 0.363 e. The Hall–Kier alpha value is -3.91. The summed E-state index contributed by atoms with van der Waals surface area (Å²) in [6, 6.07) is 16.8. The van der Waals surface area contributed by atoms with Gasteiger partial charge in [0.15, 0.2) is 28.0 Å². The molecule has 0 fully saturated rings. The van der Waals surface area contributed by atoms with E-state index >= 15 is 0 Å². The molecule has 2 aromatic carbocycles. The lowest BCUT2D eigenvalue weighted by atomic mass is 10.2. The largest absolute Gasteiger partial charge is 0.454 e. The lowest BCUT2D eigenvalue weighted by Crippen LogP contribution is -2.05. The second-order valence-corrected chi connectivity index (χ2v) is 7.62. The second kappa shape index (κ2) is 6.57. The van der Waals surface area contributed by atoms with Crippen LogP contribution in [0.25, 0.3) is 27.1 Å². The quantitative estimate of drug-likeness (QED) is 0.358. The average Bonchev–Trinajstić information content (AvgIpc) is 3.54. The summed E-state index contributed by atoms with van der Waals surface area (Å²) in [6.45, 7) is 0.172. The van der Waals surface area contributed by atoms with Crippen LogP contribution in [0.3, 0.4) is 0 Å². The van der Waals surface area contributed by atoms with Crippen molar-refractivity contribution in [2.24, 2.45) is 4.99 Å². The van der Waals surface area contributed by atoms with Crippen LogP contribution in [-0.2, 0) is 9.53 Å². The Labute approximate surface area is 173 Å². The number of furan rings is 1. The van der Waals surface area contributed by atoms with Gasteiger partial charge in [-0.1, -0.05) is 12.1 Å². The Morgan fingerprint density at radius 3 is 2.83 bits per heavy atom. The Morgan fingerprint density at radius 1 is 1.00 bits per heavy atom. The number of para-hydroxylation sites is 1. The summed E-state index contributed by atoms with van der Waals surface area (Å²) < 4.78 is 22.9. The summed E-state index contributed by atoms with van der Waals surface area (Å²) in [5.74, 6) is 2.04. The van der Waals surface area contributed by atoms with E-state index in [0.717, 1.165) is 15.2 Å². The molecule has 4 heterocycles. The number of fused-ring (bicyclic) bond motifs is 2. The third-order valence-corrected chi connectivity index (χ3v) is 5.70. The van der Waals surface area contributed by atoms with Crippen LogP contribution in [0.15, 0.2) is 69.7 Å². The van der Waals surface area contributed by atoms with Gasteiger partial charge in [-0.3, -0.25) is 0 Å². The van der Waals surface area contributed by atoms with Crippen LogP contribution < -0.4 is 9.47 Å². The molecular formula is C22H12N2O5S. The van der Waals surface area contributed by atoms with E-state index in [9.17, 15) is 4.79 Å². The molecule has 0 amide bonds. The first-order valence-corrected chi connectivity index (χ1v) is 9.93. The number of carbonyl (C=O) groups excluding carboxylic acids is 1. The zero-order valence-electron chi connectivity index (χ0n) is 15.3. The number of hydrogen-bond acceptors (Lipinski definition) is 8. The summed E-state index contributed by atoms with van der Waals surface area (Å²) in [7, 11) is 0. The molecule has 0 N–H and O–H groups in total. The number of benzene rings is 2. The van der Waals surface area contributed by atoms with Gasteiger partial charge in [0.2, 0.25) is 12.7 Å². The molecule has 0 atom stereocenters. The van der Waals surface area contributed by atoms with Crippen molar-refractivity contribution in [3.63, 3.8) is 0 Å². The van der Waals surface area contributed by atoms with Crippen LogP contribution in [0, 0.1) is 0 Å². The molecule has 0 unspecified atom stereocenters. The molecule has 7 nitrogen and oxygen atoms in total. The Bertz CT molecular complexity index is 1350. The highest BCUT2D eigenvalue weighted by Crippen LogP contribution is 2.34. The highest BCUT2D eigenvalue weighted by molar-refractivity contribution is 7.21. The maximum atomic E-state index is 12.3. The standard InChI is InChI=1S/C22H12N2O5S/c25-22-15(23-20(29-22)12-5-7-16-18(9-12)27-11-26-16)10-13-6-8-17(28-13)21-24-14-3-1-2-4-19(14)30-21/h1-10H,11H2/b15-10+. The molecule has 2 aromatic heterocycles. The summed E-state index contributed by atoms with van der Waals surface area (Å²) in [4.78, 5) is 21.2. The average molecular weight is 416 g/mol. The van der Waals surface area contributed by atoms with Gasteiger partial charge in [0.25, 0.3) is 0 Å². The first-order chi connectivity index (χ1) is 14.7. The van der Waals surface area contributed by atoms with Crippen molar-refractivity contribution in [1.29, 1.82) is 0 Å². The highest BCUT2D eigenvalue weighted by atomic mass is 32.1. The summed E-state index contributed by atoms with van der Waals surface area (Å²) >= 11 is 1.55. The van der Waals surface area contributed by atoms with Crippen molar-refractivity contribution in [1.82, 2.24) is 4.98 Å². The Balaban J connectivity index is 1.30. The van der Waals surface area contributed by atoms with Gasteiger partial charge in [-0.2, -0.15) is 0 Å². The number of aliphatic imine (C=N–C) groups is 1. The molecule has 4 aromatic rings. The number of cyclic esters (lactones) is 1. The van der Waals surface area contributed by atoms with E-state index in [0.29, 0.717) is 28.6 Å². The zero-order chi connectivity index (χ0) is 20.1. The summed E-state index contributed by atoms with van der Waals surface area (Å²) in [6.07, 6.45) is 1.55. The van der Waals surface area contributed by atoms with Gasteiger partial charge in [0, 0.05) is 11.6 Å². The van der Waals surface area contributed by atoms with Crippen molar-refractivity contribution in [3.05, 3.63) is 71.6 Å². The molecule has 0 saturated carbocycles. The summed E-state index contributed by atoms with van der Waals surface area (Å²) in [5.41, 5.74) is 1.71. The minimum absolute atomic E-state index is 0.160. The minimum atomic E-state index is -0.541. The van der Waals surface area contributed by atoms with Gasteiger partial charge < -0.3 is 18.6 Å². The molecule has 0 spiro atoms. The van der Waals surface area contributed by atoms with Crippen molar-refractivity contribution in [3.8, 4) is 22.3 Å². The molecule has 8 heteroatoms. The van der Waals surface area contributed by atoms with Crippen molar-refractivity contribution < 1.29 is 23.4 Å². The first kappa shape index (κ1) is 17.0. The monoisotopic (exact) mass is 416 g/mol. The maximum absolute atomic E-state index is 12.3. The van der Waals surface area contributed by atoms with Crippen molar-refractivity contribution in [2.45, 2.75) is 0 Å². The highest BCUT2D eigenvalue weighted by Gasteiger charge is 2.26. The molecule has 0 saturated heterocycles. The van der Waals surface area contributed by atoms with Crippen molar-refractivity contribution >= 4 is 39.5 Å². The number of thiazole rings is 1. The fourth-order valence-corrected chi connectivity index (χ4v) is 4.15. The molecule has 0 aliphatic carbocycles. The summed E-state index contributed by atoms with van der Waals surface area (Å²) in [5, 5.41) is 0.777. The van der Waals surface area contributed by atoms with Crippen LogP contribution in [0.1, 0.15) is 11.3 Å². The van der Waals surface area contributed by atoms with Crippen molar-refractivity contribution in [2.75, 3.05) is 6.79 Å². The van der Waals surface area contributed by atoms with Gasteiger partial charge in [-0.15, -0.1) is 11.3 Å². The number of nitrogens with zero attached hydrogens (tertiary/aromatic N) is 2. The molecule has 146 valence electrons. The molecule has 2 aliphatic heterocycles. The minimum Gasteiger partial charge on any atom is -0.454 e. The Kier molecular flexibility index (Phi) is 3.72. The molecule has 0 bridgehead atoms. The third-order valence-electron chi connectivity index (χ3n) is 4.65. The fourth-order valence-electron chi connectivity index (χ4n) is 3.22. The van der Waals surface area contributed by atoms with Gasteiger partial charge in [0.1, 0.15) is 5.76 Å².